The van der Waals surface area contributed by atoms with E-state index < -0.39 is 6.04 Å². The van der Waals surface area contributed by atoms with Crippen LogP contribution < -0.4 is 14.8 Å². The van der Waals surface area contributed by atoms with Gasteiger partial charge in [0.05, 0.1) is 11.1 Å². The summed E-state index contributed by atoms with van der Waals surface area (Å²) >= 11 is 15.1. The minimum atomic E-state index is -0.458. The molecule has 1 aliphatic carbocycles. The third kappa shape index (κ3) is 6.13. The Labute approximate surface area is 270 Å². The second-order valence-corrected chi connectivity index (χ2v) is 13.0. The van der Waals surface area contributed by atoms with Crippen LogP contribution in [0.15, 0.2) is 86.0 Å². The van der Waals surface area contributed by atoms with E-state index in [1.54, 1.807) is 0 Å². The van der Waals surface area contributed by atoms with Gasteiger partial charge >= 0.3 is 0 Å². The Bertz CT molecular complexity index is 1690. The molecule has 1 aromatic heterocycles. The number of thioether (sulfide) groups is 1. The van der Waals surface area contributed by atoms with Gasteiger partial charge in [-0.2, -0.15) is 4.98 Å². The van der Waals surface area contributed by atoms with Crippen molar-refractivity contribution in [2.24, 2.45) is 0 Å². The lowest BCUT2D eigenvalue weighted by Gasteiger charge is -2.32. The van der Waals surface area contributed by atoms with E-state index in [2.05, 4.69) is 37.2 Å². The van der Waals surface area contributed by atoms with Crippen molar-refractivity contribution < 1.29 is 14.3 Å². The van der Waals surface area contributed by atoms with Gasteiger partial charge in [-0.1, -0.05) is 69.6 Å². The highest BCUT2D eigenvalue weighted by molar-refractivity contribution is 9.10. The Morgan fingerprint density at radius 1 is 1.10 bits per heavy atom. The van der Waals surface area contributed by atoms with Gasteiger partial charge < -0.3 is 14.8 Å². The molecular formula is C31H27Br2ClN4O3S. The number of nitrogens with one attached hydrogen (secondary N) is 1. The number of ketones is 1. The fraction of sp³-hybridized carbons (Fsp3) is 0.258. The molecule has 0 radical (unpaired) electrons. The van der Waals surface area contributed by atoms with Gasteiger partial charge in [-0.15, -0.1) is 5.10 Å². The fourth-order valence-electron chi connectivity index (χ4n) is 5.19. The molecule has 1 atom stereocenters. The number of hydrogen-bond acceptors (Lipinski definition) is 7. The summed E-state index contributed by atoms with van der Waals surface area (Å²) in [5.41, 5.74) is 4.52. The molecular weight excluding hydrogens is 704 g/mol. The summed E-state index contributed by atoms with van der Waals surface area (Å²) < 4.78 is 15.9. The average molecular weight is 731 g/mol. The van der Waals surface area contributed by atoms with Gasteiger partial charge in [0.1, 0.15) is 12.6 Å². The van der Waals surface area contributed by atoms with Gasteiger partial charge in [-0.05, 0) is 82.7 Å². The fourth-order valence-corrected chi connectivity index (χ4v) is 7.33. The van der Waals surface area contributed by atoms with Gasteiger partial charge in [-0.3, -0.25) is 4.79 Å². The molecule has 216 valence electrons. The van der Waals surface area contributed by atoms with E-state index >= 15 is 0 Å². The van der Waals surface area contributed by atoms with Crippen LogP contribution in [0.5, 0.6) is 11.5 Å². The van der Waals surface area contributed by atoms with Crippen molar-refractivity contribution in [1.82, 2.24) is 14.8 Å². The molecule has 0 saturated carbocycles. The number of nitrogens with zero attached hydrogens (tertiary/aromatic N) is 3. The second-order valence-electron chi connectivity index (χ2n) is 9.92. The van der Waals surface area contributed by atoms with Gasteiger partial charge in [0, 0.05) is 32.9 Å². The number of fused-ring (bicyclic) bond motifs is 1. The molecule has 6 rings (SSSR count). The first kappa shape index (κ1) is 29.3. The molecule has 4 aromatic rings. The first-order valence-electron chi connectivity index (χ1n) is 13.6. The maximum absolute atomic E-state index is 13.4. The minimum Gasteiger partial charge on any atom is -0.490 e. The van der Waals surface area contributed by atoms with E-state index in [0.717, 1.165) is 49.7 Å². The van der Waals surface area contributed by atoms with Gasteiger partial charge in [0.2, 0.25) is 11.1 Å². The van der Waals surface area contributed by atoms with Crippen LogP contribution in [0, 0.1) is 0 Å². The number of Topliss-reactive ketones (excluding diaryl/α,β-unsaturated/α-hetero) is 1. The molecule has 3 aromatic carbocycles. The largest absolute Gasteiger partial charge is 0.490 e. The van der Waals surface area contributed by atoms with Crippen LogP contribution in [0.25, 0.3) is 0 Å². The highest BCUT2D eigenvalue weighted by Gasteiger charge is 2.37. The number of benzene rings is 3. The molecule has 1 aliphatic heterocycles. The number of carbonyl (C=O) groups excluding carboxylic acids is 1. The van der Waals surface area contributed by atoms with Crippen molar-refractivity contribution in [2.45, 2.75) is 49.7 Å². The molecule has 1 N–H and O–H groups in total. The van der Waals surface area contributed by atoms with Crippen molar-refractivity contribution in [1.29, 1.82) is 0 Å². The summed E-state index contributed by atoms with van der Waals surface area (Å²) in [5.74, 6) is 2.55. The summed E-state index contributed by atoms with van der Waals surface area (Å²) in [6.07, 6.45) is 2.08. The van der Waals surface area contributed by atoms with Gasteiger partial charge in [0.15, 0.2) is 17.3 Å². The third-order valence-corrected chi connectivity index (χ3v) is 9.42. The Morgan fingerprint density at radius 3 is 2.76 bits per heavy atom. The Morgan fingerprint density at radius 2 is 1.95 bits per heavy atom. The minimum absolute atomic E-state index is 0.115. The highest BCUT2D eigenvalue weighted by atomic mass is 79.9. The van der Waals surface area contributed by atoms with Crippen LogP contribution in [0.3, 0.4) is 0 Å². The predicted octanol–water partition coefficient (Wildman–Crippen LogP) is 8.75. The number of aromatic nitrogens is 3. The summed E-state index contributed by atoms with van der Waals surface area (Å²) in [6.45, 7) is 2.77. The second kappa shape index (κ2) is 12.8. The maximum atomic E-state index is 13.4. The Balaban J connectivity index is 1.36. The smallest absolute Gasteiger partial charge is 0.227 e. The van der Waals surface area contributed by atoms with E-state index in [1.807, 2.05) is 72.3 Å². The summed E-state index contributed by atoms with van der Waals surface area (Å²) in [5, 5.41) is 9.60. The molecule has 1 unspecified atom stereocenters. The third-order valence-electron chi connectivity index (χ3n) is 7.08. The first-order valence-corrected chi connectivity index (χ1v) is 16.6. The SMILES string of the molecule is CCOc1cc(C2C3=C(CCCC3=O)Nc3nc(SCc4ccccc4Cl)nn32)cc(Br)c1OCc1cccc(Br)c1. The number of carbonyl (C=O) groups is 1. The van der Waals surface area contributed by atoms with Gasteiger partial charge in [0.25, 0.3) is 0 Å². The van der Waals surface area contributed by atoms with Crippen molar-refractivity contribution in [3.63, 3.8) is 0 Å². The summed E-state index contributed by atoms with van der Waals surface area (Å²) in [7, 11) is 0. The molecule has 2 aliphatic rings. The number of ether oxygens (including phenoxy) is 2. The van der Waals surface area contributed by atoms with E-state index in [-0.39, 0.29) is 5.78 Å². The average Bonchev–Trinajstić information content (AvgIpc) is 3.38. The van der Waals surface area contributed by atoms with Crippen LogP contribution in [0.4, 0.5) is 5.95 Å². The molecule has 42 heavy (non-hydrogen) atoms. The molecule has 11 heteroatoms. The molecule has 2 heterocycles. The molecule has 0 fully saturated rings. The van der Waals surface area contributed by atoms with Crippen LogP contribution in [-0.4, -0.2) is 27.2 Å². The Hall–Kier alpha value is -2.79. The van der Waals surface area contributed by atoms with Crippen LogP contribution >= 0.6 is 55.2 Å². The number of hydrogen-bond donors (Lipinski definition) is 1. The normalized spacial score (nSPS) is 16.1. The van der Waals surface area contributed by atoms with Gasteiger partial charge in [-0.25, -0.2) is 4.68 Å². The monoisotopic (exact) mass is 728 g/mol. The zero-order valence-corrected chi connectivity index (χ0v) is 27.4. The van der Waals surface area contributed by atoms with Crippen molar-refractivity contribution in [2.75, 3.05) is 11.9 Å². The number of anilines is 1. The lowest BCUT2D eigenvalue weighted by molar-refractivity contribution is -0.116. The topological polar surface area (TPSA) is 78.3 Å². The standard InChI is InChI=1S/C31H27Br2ClN4O3S/c1-2-40-26-15-20(14-22(33)29(26)41-16-18-7-5-9-21(32)13-18)28-27-24(11-6-12-25(27)39)35-30-36-31(37-38(28)30)42-17-19-8-3-4-10-23(19)34/h3-5,7-10,13-15,28H,2,6,11-12,16-17H2,1H3,(H,35,36,37). The Kier molecular flexibility index (Phi) is 8.95. The van der Waals surface area contributed by atoms with E-state index in [9.17, 15) is 4.79 Å². The zero-order valence-electron chi connectivity index (χ0n) is 22.7. The summed E-state index contributed by atoms with van der Waals surface area (Å²) in [4.78, 5) is 18.2. The summed E-state index contributed by atoms with van der Waals surface area (Å²) in [6, 6.07) is 19.2. The first-order chi connectivity index (χ1) is 20.4. The number of rotatable bonds is 9. The highest BCUT2D eigenvalue weighted by Crippen LogP contribution is 2.45. The van der Waals surface area contributed by atoms with Crippen LogP contribution in [0.2, 0.25) is 5.02 Å². The lowest BCUT2D eigenvalue weighted by atomic mass is 9.85. The van der Waals surface area contributed by atoms with Crippen LogP contribution in [0.1, 0.15) is 48.9 Å². The zero-order chi connectivity index (χ0) is 29.2. The quantitative estimate of drug-likeness (QED) is 0.173. The maximum Gasteiger partial charge on any atom is 0.227 e. The molecule has 0 bridgehead atoms. The van der Waals surface area contributed by atoms with Crippen LogP contribution in [-0.2, 0) is 17.2 Å². The van der Waals surface area contributed by atoms with E-state index in [0.29, 0.717) is 53.0 Å². The molecule has 7 nitrogen and oxygen atoms in total. The number of allylic oxidation sites excluding steroid dienone is 2. The van der Waals surface area contributed by atoms with E-state index in [1.165, 1.54) is 11.8 Å². The van der Waals surface area contributed by atoms with Crippen molar-refractivity contribution >= 4 is 67.0 Å². The molecule has 0 spiro atoms. The predicted molar refractivity (Wildman–Crippen MR) is 172 cm³/mol. The van der Waals surface area contributed by atoms with Crippen molar-refractivity contribution in [3.8, 4) is 11.5 Å². The molecule has 0 saturated heterocycles. The number of halogens is 3. The van der Waals surface area contributed by atoms with E-state index in [4.69, 9.17) is 31.2 Å². The molecule has 0 amide bonds. The van der Waals surface area contributed by atoms with Crippen molar-refractivity contribution in [3.05, 3.63) is 103 Å². The lowest BCUT2D eigenvalue weighted by Crippen LogP contribution is -2.31.